The number of aliphatic hydroxyl groups excluding tert-OH is 1. The van der Waals surface area contributed by atoms with Crippen molar-refractivity contribution in [3.63, 3.8) is 0 Å². The average Bonchev–Trinajstić information content (AvgIpc) is 2.84. The van der Waals surface area contributed by atoms with Crippen LogP contribution in [0.3, 0.4) is 0 Å². The van der Waals surface area contributed by atoms with Crippen LogP contribution >= 0.6 is 27.3 Å². The van der Waals surface area contributed by atoms with Gasteiger partial charge in [-0.25, -0.2) is 0 Å². The van der Waals surface area contributed by atoms with Crippen LogP contribution in [0.4, 0.5) is 0 Å². The Balaban J connectivity index is 1.74. The number of rotatable bonds is 4. The van der Waals surface area contributed by atoms with Gasteiger partial charge in [-0.2, -0.15) is 0 Å². The third-order valence-corrected chi connectivity index (χ3v) is 5.35. The summed E-state index contributed by atoms with van der Waals surface area (Å²) in [6, 6.07) is 16.7. The number of halogens is 1. The molecular weight excluding hydrogens is 332 g/mol. The first-order chi connectivity index (χ1) is 9.72. The predicted octanol–water partition coefficient (Wildman–Crippen LogP) is 4.81. The van der Waals surface area contributed by atoms with E-state index in [1.54, 1.807) is 11.3 Å². The van der Waals surface area contributed by atoms with Gasteiger partial charge in [0.1, 0.15) is 0 Å². The molecule has 20 heavy (non-hydrogen) atoms. The van der Waals surface area contributed by atoms with E-state index in [-0.39, 0.29) is 6.10 Å². The molecule has 2 aromatic carbocycles. The maximum atomic E-state index is 10.3. The molecule has 0 radical (unpaired) electrons. The van der Waals surface area contributed by atoms with Gasteiger partial charge < -0.3 is 5.11 Å². The summed E-state index contributed by atoms with van der Waals surface area (Å²) in [5.74, 6) is 0. The lowest BCUT2D eigenvalue weighted by Crippen LogP contribution is -2.13. The lowest BCUT2D eigenvalue weighted by atomic mass is 10.0. The first-order valence-corrected chi connectivity index (χ1v) is 8.27. The fourth-order valence-corrected chi connectivity index (χ4v) is 3.98. The summed E-state index contributed by atoms with van der Waals surface area (Å²) in [4.78, 5) is 1.21. The van der Waals surface area contributed by atoms with Crippen molar-refractivity contribution in [3.05, 3.63) is 68.8 Å². The van der Waals surface area contributed by atoms with Crippen LogP contribution < -0.4 is 0 Å². The zero-order valence-electron chi connectivity index (χ0n) is 10.9. The van der Waals surface area contributed by atoms with Gasteiger partial charge in [-0.3, -0.25) is 0 Å². The zero-order chi connectivity index (χ0) is 13.9. The van der Waals surface area contributed by atoms with Gasteiger partial charge >= 0.3 is 0 Å². The monoisotopic (exact) mass is 346 g/mol. The lowest BCUT2D eigenvalue weighted by molar-refractivity contribution is 0.176. The minimum Gasteiger partial charge on any atom is -0.392 e. The topological polar surface area (TPSA) is 20.2 Å². The van der Waals surface area contributed by atoms with Crippen molar-refractivity contribution in [3.8, 4) is 0 Å². The Hall–Kier alpha value is -1.16. The van der Waals surface area contributed by atoms with Gasteiger partial charge in [0, 0.05) is 15.8 Å². The van der Waals surface area contributed by atoms with Gasteiger partial charge in [-0.15, -0.1) is 11.3 Å². The van der Waals surface area contributed by atoms with E-state index in [9.17, 15) is 5.11 Å². The molecule has 1 nitrogen and oxygen atoms in total. The quantitative estimate of drug-likeness (QED) is 0.718. The summed E-state index contributed by atoms with van der Waals surface area (Å²) in [6.45, 7) is 0. The minimum absolute atomic E-state index is 0.342. The molecular formula is C17H15BrOS. The highest BCUT2D eigenvalue weighted by molar-refractivity contribution is 9.10. The molecule has 0 aliphatic rings. The van der Waals surface area contributed by atoms with Crippen LogP contribution in [-0.2, 0) is 12.8 Å². The average molecular weight is 347 g/mol. The second-order valence-corrected chi connectivity index (χ2v) is 6.79. The van der Waals surface area contributed by atoms with E-state index in [1.807, 2.05) is 23.6 Å². The van der Waals surface area contributed by atoms with Crippen molar-refractivity contribution in [2.24, 2.45) is 0 Å². The summed E-state index contributed by atoms with van der Waals surface area (Å²) in [6.07, 6.45) is 1.05. The van der Waals surface area contributed by atoms with Crippen LogP contribution in [0.25, 0.3) is 10.8 Å². The van der Waals surface area contributed by atoms with E-state index in [4.69, 9.17) is 0 Å². The highest BCUT2D eigenvalue weighted by Crippen LogP contribution is 2.25. The van der Waals surface area contributed by atoms with Crippen molar-refractivity contribution in [2.45, 2.75) is 18.9 Å². The first kappa shape index (κ1) is 13.8. The summed E-state index contributed by atoms with van der Waals surface area (Å²) in [5, 5.41) is 14.8. The molecule has 3 rings (SSSR count). The van der Waals surface area contributed by atoms with Gasteiger partial charge in [-0.05, 0) is 50.1 Å². The van der Waals surface area contributed by atoms with Crippen LogP contribution in [0.5, 0.6) is 0 Å². The number of thiophene rings is 1. The minimum atomic E-state index is -0.342. The van der Waals surface area contributed by atoms with Crippen LogP contribution in [0, 0.1) is 0 Å². The van der Waals surface area contributed by atoms with Crippen molar-refractivity contribution in [2.75, 3.05) is 0 Å². The highest BCUT2D eigenvalue weighted by Gasteiger charge is 2.10. The molecule has 0 saturated carbocycles. The van der Waals surface area contributed by atoms with Crippen LogP contribution in [-0.4, -0.2) is 11.2 Å². The second kappa shape index (κ2) is 6.08. The van der Waals surface area contributed by atoms with Crippen LogP contribution in [0.2, 0.25) is 0 Å². The first-order valence-electron chi connectivity index (χ1n) is 6.60. The molecule has 1 N–H and O–H groups in total. The van der Waals surface area contributed by atoms with Gasteiger partial charge in [0.2, 0.25) is 0 Å². The van der Waals surface area contributed by atoms with E-state index in [2.05, 4.69) is 46.3 Å². The van der Waals surface area contributed by atoms with Gasteiger partial charge in [0.25, 0.3) is 0 Å². The van der Waals surface area contributed by atoms with E-state index in [1.165, 1.54) is 21.2 Å². The molecule has 0 aliphatic heterocycles. The van der Waals surface area contributed by atoms with Crippen molar-refractivity contribution in [1.82, 2.24) is 0 Å². The molecule has 0 aliphatic carbocycles. The van der Waals surface area contributed by atoms with E-state index >= 15 is 0 Å². The molecule has 3 heteroatoms. The summed E-state index contributed by atoms with van der Waals surface area (Å²) >= 11 is 5.20. The SMILES string of the molecule is OC(Cc1ccc2ccccc2c1)Cc1sccc1Br. The van der Waals surface area contributed by atoms with Crippen LogP contribution in [0.1, 0.15) is 10.4 Å². The maximum absolute atomic E-state index is 10.3. The fourth-order valence-electron chi connectivity index (χ4n) is 2.39. The number of fused-ring (bicyclic) bond motifs is 1. The Labute approximate surface area is 131 Å². The lowest BCUT2D eigenvalue weighted by Gasteiger charge is -2.11. The molecule has 0 bridgehead atoms. The summed E-state index contributed by atoms with van der Waals surface area (Å²) in [7, 11) is 0. The van der Waals surface area contributed by atoms with Crippen molar-refractivity contribution in [1.29, 1.82) is 0 Å². The van der Waals surface area contributed by atoms with Gasteiger partial charge in [0.05, 0.1) is 6.10 Å². The van der Waals surface area contributed by atoms with E-state index in [0.29, 0.717) is 12.8 Å². The van der Waals surface area contributed by atoms with Crippen molar-refractivity contribution < 1.29 is 5.11 Å². The molecule has 0 saturated heterocycles. The number of hydrogen-bond acceptors (Lipinski definition) is 2. The number of benzene rings is 2. The molecule has 1 atom stereocenters. The zero-order valence-corrected chi connectivity index (χ0v) is 13.3. The Morgan fingerprint density at radius 2 is 1.80 bits per heavy atom. The molecule has 1 heterocycles. The van der Waals surface area contributed by atoms with E-state index in [0.717, 1.165) is 4.47 Å². The Morgan fingerprint density at radius 1 is 1.00 bits per heavy atom. The molecule has 0 amide bonds. The molecule has 0 fully saturated rings. The third kappa shape index (κ3) is 3.11. The maximum Gasteiger partial charge on any atom is 0.0629 e. The molecule has 1 unspecified atom stereocenters. The highest BCUT2D eigenvalue weighted by atomic mass is 79.9. The number of aliphatic hydroxyl groups is 1. The largest absolute Gasteiger partial charge is 0.392 e. The number of hydrogen-bond donors (Lipinski definition) is 1. The Bertz CT molecular complexity index is 720. The fraction of sp³-hybridized carbons (Fsp3) is 0.176. The molecule has 0 spiro atoms. The van der Waals surface area contributed by atoms with Gasteiger partial charge in [-0.1, -0.05) is 42.5 Å². The summed E-state index contributed by atoms with van der Waals surface area (Å²) < 4.78 is 1.10. The Morgan fingerprint density at radius 3 is 2.55 bits per heavy atom. The molecule has 102 valence electrons. The van der Waals surface area contributed by atoms with Gasteiger partial charge in [0.15, 0.2) is 0 Å². The molecule has 3 aromatic rings. The second-order valence-electron chi connectivity index (χ2n) is 4.94. The predicted molar refractivity (Wildman–Crippen MR) is 89.4 cm³/mol. The standard InChI is InChI=1S/C17H15BrOS/c18-16-7-8-20-17(16)11-15(19)10-12-5-6-13-3-1-2-4-14(13)9-12/h1-9,15,19H,10-11H2. The Kier molecular flexibility index (Phi) is 4.20. The normalized spacial score (nSPS) is 12.7. The third-order valence-electron chi connectivity index (χ3n) is 3.40. The van der Waals surface area contributed by atoms with Crippen molar-refractivity contribution >= 4 is 38.0 Å². The smallest absolute Gasteiger partial charge is 0.0629 e. The van der Waals surface area contributed by atoms with Crippen LogP contribution in [0.15, 0.2) is 58.4 Å². The summed E-state index contributed by atoms with van der Waals surface area (Å²) in [5.41, 5.74) is 1.18. The molecule has 1 aromatic heterocycles. The van der Waals surface area contributed by atoms with E-state index < -0.39 is 0 Å².